The van der Waals surface area contributed by atoms with Crippen LogP contribution in [0.15, 0.2) is 29.4 Å². The summed E-state index contributed by atoms with van der Waals surface area (Å²) in [6.45, 7) is 3.65. The fraction of sp³-hybridized carbons (Fsp3) is 0.364. The van der Waals surface area contributed by atoms with Crippen LogP contribution in [0.3, 0.4) is 0 Å². The summed E-state index contributed by atoms with van der Waals surface area (Å²) in [5.74, 6) is -0.165. The van der Waals surface area contributed by atoms with Crippen molar-refractivity contribution in [3.8, 4) is 0 Å². The molecule has 0 spiro atoms. The normalized spacial score (nSPS) is 10.1. The second-order valence-electron chi connectivity index (χ2n) is 3.63. The number of thioether (sulfide) groups is 1. The molecule has 0 radical (unpaired) electrons. The second kappa shape index (κ2) is 6.90. The van der Waals surface area contributed by atoms with Crippen LogP contribution >= 0.6 is 11.8 Å². The van der Waals surface area contributed by atoms with Crippen molar-refractivity contribution in [1.82, 2.24) is 15.6 Å². The highest BCUT2D eigenvalue weighted by atomic mass is 32.2. The van der Waals surface area contributed by atoms with E-state index in [9.17, 15) is 9.59 Å². The number of nitrogens with one attached hydrogen (secondary N) is 2. The minimum absolute atomic E-state index is 0.00578. The molecule has 0 aliphatic heterocycles. The van der Waals surface area contributed by atoms with Crippen molar-refractivity contribution in [3.05, 3.63) is 24.4 Å². The number of hydrogen-bond acceptors (Lipinski definition) is 4. The number of aromatic nitrogens is 1. The largest absolute Gasteiger partial charge is 0.336 e. The van der Waals surface area contributed by atoms with Gasteiger partial charge in [0.25, 0.3) is 0 Å². The molecule has 92 valence electrons. The van der Waals surface area contributed by atoms with Crippen LogP contribution in [0.5, 0.6) is 0 Å². The third kappa shape index (κ3) is 5.91. The van der Waals surface area contributed by atoms with E-state index < -0.39 is 6.03 Å². The molecule has 0 bridgehead atoms. The summed E-state index contributed by atoms with van der Waals surface area (Å²) in [5.41, 5.74) is 0. The molecule has 6 heteroatoms. The van der Waals surface area contributed by atoms with Crippen molar-refractivity contribution in [2.45, 2.75) is 24.9 Å². The summed E-state index contributed by atoms with van der Waals surface area (Å²) < 4.78 is 0. The van der Waals surface area contributed by atoms with Gasteiger partial charge in [0, 0.05) is 12.2 Å². The number of imide groups is 1. The third-order valence-electron chi connectivity index (χ3n) is 1.66. The first-order chi connectivity index (χ1) is 8.08. The van der Waals surface area contributed by atoms with E-state index in [0.29, 0.717) is 0 Å². The molecule has 0 aromatic carbocycles. The highest BCUT2D eigenvalue weighted by molar-refractivity contribution is 7.99. The average Bonchev–Trinajstić information content (AvgIpc) is 2.26. The first kappa shape index (κ1) is 13.5. The van der Waals surface area contributed by atoms with E-state index in [1.54, 1.807) is 12.3 Å². The Balaban J connectivity index is 2.28. The van der Waals surface area contributed by atoms with E-state index in [1.165, 1.54) is 11.8 Å². The molecule has 0 aliphatic rings. The van der Waals surface area contributed by atoms with Crippen LogP contribution in [0.1, 0.15) is 13.8 Å². The molecule has 0 aliphatic carbocycles. The molecule has 1 heterocycles. The van der Waals surface area contributed by atoms with E-state index in [2.05, 4.69) is 15.6 Å². The zero-order valence-corrected chi connectivity index (χ0v) is 10.6. The van der Waals surface area contributed by atoms with E-state index in [1.807, 2.05) is 26.0 Å². The van der Waals surface area contributed by atoms with Gasteiger partial charge in [0.05, 0.1) is 10.8 Å². The summed E-state index contributed by atoms with van der Waals surface area (Å²) in [7, 11) is 0. The fourth-order valence-electron chi connectivity index (χ4n) is 1.03. The minimum atomic E-state index is -0.466. The van der Waals surface area contributed by atoms with E-state index in [0.717, 1.165) is 5.03 Å². The lowest BCUT2D eigenvalue weighted by atomic mass is 10.4. The topological polar surface area (TPSA) is 71.1 Å². The molecule has 0 atom stereocenters. The molecule has 1 aromatic rings. The monoisotopic (exact) mass is 253 g/mol. The Bertz CT molecular complexity index is 382. The van der Waals surface area contributed by atoms with Crippen LogP contribution in [-0.4, -0.2) is 28.7 Å². The van der Waals surface area contributed by atoms with Gasteiger partial charge in [-0.1, -0.05) is 17.8 Å². The average molecular weight is 253 g/mol. The van der Waals surface area contributed by atoms with Gasteiger partial charge in [-0.15, -0.1) is 0 Å². The highest BCUT2D eigenvalue weighted by Gasteiger charge is 2.08. The molecule has 0 fully saturated rings. The Morgan fingerprint density at radius 3 is 2.76 bits per heavy atom. The Labute approximate surface area is 104 Å². The van der Waals surface area contributed by atoms with E-state index in [-0.39, 0.29) is 17.7 Å². The minimum Gasteiger partial charge on any atom is -0.336 e. The molecule has 0 unspecified atom stereocenters. The number of urea groups is 1. The lowest BCUT2D eigenvalue weighted by Crippen LogP contribution is -2.43. The lowest BCUT2D eigenvalue weighted by Gasteiger charge is -2.08. The standard InChI is InChI=1S/C11H15N3O2S/c1-8(2)13-11(16)14-9(15)7-17-10-5-3-4-6-12-10/h3-6,8H,7H2,1-2H3,(H2,13,14,15,16). The van der Waals surface area contributed by atoms with Crippen molar-refractivity contribution < 1.29 is 9.59 Å². The van der Waals surface area contributed by atoms with Crippen LogP contribution in [-0.2, 0) is 4.79 Å². The Morgan fingerprint density at radius 2 is 2.18 bits per heavy atom. The number of nitrogens with zero attached hydrogens (tertiary/aromatic N) is 1. The number of rotatable bonds is 4. The maximum absolute atomic E-state index is 11.4. The zero-order chi connectivity index (χ0) is 12.7. The Morgan fingerprint density at radius 1 is 1.41 bits per heavy atom. The predicted octanol–water partition coefficient (Wildman–Crippen LogP) is 1.41. The number of carbonyl (C=O) groups is 2. The second-order valence-corrected chi connectivity index (χ2v) is 4.63. The summed E-state index contributed by atoms with van der Waals surface area (Å²) in [6, 6.07) is 5.00. The molecule has 1 rings (SSSR count). The van der Waals surface area contributed by atoms with Gasteiger partial charge in [-0.3, -0.25) is 10.1 Å². The first-order valence-corrected chi connectivity index (χ1v) is 6.20. The highest BCUT2D eigenvalue weighted by Crippen LogP contribution is 2.12. The van der Waals surface area contributed by atoms with Gasteiger partial charge < -0.3 is 5.32 Å². The van der Waals surface area contributed by atoms with Crippen molar-refractivity contribution in [2.75, 3.05) is 5.75 Å². The van der Waals surface area contributed by atoms with Crippen molar-refractivity contribution in [2.24, 2.45) is 0 Å². The van der Waals surface area contributed by atoms with Crippen LogP contribution in [0.4, 0.5) is 4.79 Å². The molecule has 5 nitrogen and oxygen atoms in total. The van der Waals surface area contributed by atoms with Gasteiger partial charge in [-0.2, -0.15) is 0 Å². The Kier molecular flexibility index (Phi) is 5.48. The van der Waals surface area contributed by atoms with Crippen LogP contribution < -0.4 is 10.6 Å². The van der Waals surface area contributed by atoms with Crippen LogP contribution in [0.25, 0.3) is 0 Å². The first-order valence-electron chi connectivity index (χ1n) is 5.22. The number of amides is 3. The molecule has 1 aromatic heterocycles. The fourth-order valence-corrected chi connectivity index (χ4v) is 1.69. The third-order valence-corrected chi connectivity index (χ3v) is 2.61. The molecule has 3 amide bonds. The van der Waals surface area contributed by atoms with Gasteiger partial charge in [0.2, 0.25) is 5.91 Å². The van der Waals surface area contributed by atoms with Crippen molar-refractivity contribution >= 4 is 23.7 Å². The Hall–Kier alpha value is -1.56. The SMILES string of the molecule is CC(C)NC(=O)NC(=O)CSc1ccccn1. The molecule has 2 N–H and O–H groups in total. The van der Waals surface area contributed by atoms with Crippen molar-refractivity contribution in [1.29, 1.82) is 0 Å². The maximum atomic E-state index is 11.4. The van der Waals surface area contributed by atoms with Crippen LogP contribution in [0, 0.1) is 0 Å². The smallest absolute Gasteiger partial charge is 0.321 e. The molecule has 0 saturated carbocycles. The predicted molar refractivity (Wildman–Crippen MR) is 66.8 cm³/mol. The lowest BCUT2D eigenvalue weighted by molar-refractivity contribution is -0.117. The summed E-state index contributed by atoms with van der Waals surface area (Å²) in [5, 5.41) is 5.58. The summed E-state index contributed by atoms with van der Waals surface area (Å²) in [4.78, 5) is 26.7. The van der Waals surface area contributed by atoms with Crippen molar-refractivity contribution in [3.63, 3.8) is 0 Å². The maximum Gasteiger partial charge on any atom is 0.321 e. The van der Waals surface area contributed by atoms with Crippen LogP contribution in [0.2, 0.25) is 0 Å². The number of hydrogen-bond donors (Lipinski definition) is 2. The van der Waals surface area contributed by atoms with Gasteiger partial charge in [0.1, 0.15) is 0 Å². The van der Waals surface area contributed by atoms with Gasteiger partial charge >= 0.3 is 6.03 Å². The number of carbonyl (C=O) groups excluding carboxylic acids is 2. The van der Waals surface area contributed by atoms with Gasteiger partial charge in [-0.05, 0) is 26.0 Å². The van der Waals surface area contributed by atoms with Gasteiger partial charge in [0.15, 0.2) is 0 Å². The molecule has 17 heavy (non-hydrogen) atoms. The summed E-state index contributed by atoms with van der Waals surface area (Å²) in [6.07, 6.45) is 1.66. The quantitative estimate of drug-likeness (QED) is 0.796. The molecular formula is C11H15N3O2S. The van der Waals surface area contributed by atoms with E-state index >= 15 is 0 Å². The zero-order valence-electron chi connectivity index (χ0n) is 9.77. The summed E-state index contributed by atoms with van der Waals surface area (Å²) >= 11 is 1.29. The van der Waals surface area contributed by atoms with E-state index in [4.69, 9.17) is 0 Å². The molecule has 0 saturated heterocycles. The van der Waals surface area contributed by atoms with Gasteiger partial charge in [-0.25, -0.2) is 9.78 Å². The number of pyridine rings is 1. The molecular weight excluding hydrogens is 238 g/mol.